The highest BCUT2D eigenvalue weighted by atomic mass is 32.2. The smallest absolute Gasteiger partial charge is 0.497 e. The van der Waals surface area contributed by atoms with Crippen molar-refractivity contribution in [1.29, 1.82) is 0 Å². The van der Waals surface area contributed by atoms with E-state index in [2.05, 4.69) is 4.98 Å². The molecule has 0 bridgehead atoms. The molecule has 1 unspecified atom stereocenters. The van der Waals surface area contributed by atoms with Crippen LogP contribution in [0.4, 0.5) is 0 Å². The van der Waals surface area contributed by atoms with Gasteiger partial charge in [-0.1, -0.05) is 0 Å². The third-order valence-electron chi connectivity index (χ3n) is 3.64. The van der Waals surface area contributed by atoms with E-state index >= 15 is 0 Å². The molecule has 19 heavy (non-hydrogen) atoms. The normalized spacial score (nSPS) is 22.5. The molecule has 0 aliphatic carbocycles. The number of hydrogen-bond acceptors (Lipinski definition) is 5. The van der Waals surface area contributed by atoms with Crippen molar-refractivity contribution in [3.63, 3.8) is 0 Å². The third kappa shape index (κ3) is 2.54. The van der Waals surface area contributed by atoms with Crippen LogP contribution in [0.25, 0.3) is 0 Å². The minimum atomic E-state index is -1.28. The first-order chi connectivity index (χ1) is 8.64. The first-order valence-electron chi connectivity index (χ1n) is 6.02. The maximum Gasteiger partial charge on any atom is 0.497 e. The first kappa shape index (κ1) is 14.5. The fourth-order valence-corrected chi connectivity index (χ4v) is 2.52. The Kier molecular flexibility index (Phi) is 3.49. The van der Waals surface area contributed by atoms with E-state index in [4.69, 9.17) is 9.31 Å². The van der Waals surface area contributed by atoms with Crippen LogP contribution in [0.2, 0.25) is 0 Å². The fraction of sp³-hybridized carbons (Fsp3) is 0.583. The van der Waals surface area contributed by atoms with Crippen molar-refractivity contribution in [3.05, 3.63) is 12.3 Å². The Hall–Kier alpha value is -0.915. The van der Waals surface area contributed by atoms with Gasteiger partial charge in [-0.3, -0.25) is 4.21 Å². The lowest BCUT2D eigenvalue weighted by atomic mass is 9.80. The lowest BCUT2D eigenvalue weighted by Gasteiger charge is -2.32. The van der Waals surface area contributed by atoms with Crippen LogP contribution in [-0.2, 0) is 20.1 Å². The van der Waals surface area contributed by atoms with Gasteiger partial charge in [-0.15, -0.1) is 0 Å². The predicted octanol–water partition coefficient (Wildman–Crippen LogP) is 0.824. The molecule has 1 fully saturated rings. The molecule has 0 amide bonds. The SMILES string of the molecule is CS(=O)c1ncc(O)cc1B1OC(C)(C)C(C)(C)O1. The van der Waals surface area contributed by atoms with Gasteiger partial charge in [-0.25, -0.2) is 4.98 Å². The standard InChI is InChI=1S/C12H18BNO4S/c1-11(2)12(3,4)18-13(17-11)9-6-8(15)7-14-10(9)19(5)16/h6-7,15H,1-5H3. The van der Waals surface area contributed by atoms with E-state index in [0.717, 1.165) is 0 Å². The van der Waals surface area contributed by atoms with E-state index in [0.29, 0.717) is 10.5 Å². The Morgan fingerprint density at radius 1 is 1.26 bits per heavy atom. The number of aromatic nitrogens is 1. The van der Waals surface area contributed by atoms with Gasteiger partial charge in [0.15, 0.2) is 0 Å². The number of rotatable bonds is 2. The number of nitrogens with zero attached hydrogens (tertiary/aromatic N) is 1. The van der Waals surface area contributed by atoms with Crippen molar-refractivity contribution < 1.29 is 18.6 Å². The molecule has 0 aromatic carbocycles. The fourth-order valence-electron chi connectivity index (χ4n) is 1.84. The van der Waals surface area contributed by atoms with Crippen LogP contribution >= 0.6 is 0 Å². The highest BCUT2D eigenvalue weighted by Crippen LogP contribution is 2.36. The van der Waals surface area contributed by atoms with Crippen LogP contribution in [0.1, 0.15) is 27.7 Å². The highest BCUT2D eigenvalue weighted by molar-refractivity contribution is 7.84. The van der Waals surface area contributed by atoms with E-state index < -0.39 is 29.1 Å². The zero-order valence-electron chi connectivity index (χ0n) is 11.8. The summed E-state index contributed by atoms with van der Waals surface area (Å²) >= 11 is 0. The van der Waals surface area contributed by atoms with E-state index in [1.807, 2.05) is 27.7 Å². The Morgan fingerprint density at radius 2 is 1.79 bits per heavy atom. The molecule has 0 spiro atoms. The highest BCUT2D eigenvalue weighted by Gasteiger charge is 2.52. The molecule has 1 saturated heterocycles. The molecule has 7 heteroatoms. The van der Waals surface area contributed by atoms with Gasteiger partial charge < -0.3 is 14.4 Å². The molecule has 1 N–H and O–H groups in total. The molecular formula is C12H18BNO4S. The molecule has 1 aliphatic rings. The van der Waals surface area contributed by atoms with Crippen LogP contribution in [-0.4, -0.2) is 38.9 Å². The summed E-state index contributed by atoms with van der Waals surface area (Å²) in [5, 5.41) is 9.94. The molecule has 2 rings (SSSR count). The molecule has 1 aromatic rings. The summed E-state index contributed by atoms with van der Waals surface area (Å²) in [5.74, 6) is -0.00101. The minimum Gasteiger partial charge on any atom is -0.506 e. The van der Waals surface area contributed by atoms with Crippen LogP contribution < -0.4 is 5.46 Å². The van der Waals surface area contributed by atoms with Gasteiger partial charge in [-0.2, -0.15) is 0 Å². The van der Waals surface area contributed by atoms with Gasteiger partial charge in [0.05, 0.1) is 28.2 Å². The molecule has 2 heterocycles. The molecular weight excluding hydrogens is 265 g/mol. The largest absolute Gasteiger partial charge is 0.506 e. The van der Waals surface area contributed by atoms with E-state index in [1.165, 1.54) is 18.5 Å². The lowest BCUT2D eigenvalue weighted by Crippen LogP contribution is -2.41. The monoisotopic (exact) mass is 283 g/mol. The van der Waals surface area contributed by atoms with Crippen molar-refractivity contribution in [2.75, 3.05) is 6.26 Å². The summed E-state index contributed by atoms with van der Waals surface area (Å²) in [6.07, 6.45) is 2.81. The third-order valence-corrected chi connectivity index (χ3v) is 4.53. The Morgan fingerprint density at radius 3 is 2.26 bits per heavy atom. The molecule has 5 nitrogen and oxygen atoms in total. The molecule has 1 aromatic heterocycles. The summed E-state index contributed by atoms with van der Waals surface area (Å²) in [4.78, 5) is 4.01. The van der Waals surface area contributed by atoms with E-state index in [1.54, 1.807) is 0 Å². The summed E-state index contributed by atoms with van der Waals surface area (Å²) in [6, 6.07) is 1.49. The summed E-state index contributed by atoms with van der Waals surface area (Å²) in [7, 11) is -1.95. The second-order valence-electron chi connectivity index (χ2n) is 5.63. The zero-order chi connectivity index (χ0) is 14.4. The van der Waals surface area contributed by atoms with Gasteiger partial charge in [0.2, 0.25) is 0 Å². The number of aromatic hydroxyl groups is 1. The lowest BCUT2D eigenvalue weighted by molar-refractivity contribution is 0.00578. The first-order valence-corrected chi connectivity index (χ1v) is 7.58. The zero-order valence-corrected chi connectivity index (χ0v) is 12.6. The molecule has 0 saturated carbocycles. The van der Waals surface area contributed by atoms with Crippen molar-refractivity contribution in [2.45, 2.75) is 43.9 Å². The summed E-state index contributed by atoms with van der Waals surface area (Å²) in [6.45, 7) is 7.75. The van der Waals surface area contributed by atoms with Gasteiger partial charge in [-0.05, 0) is 33.8 Å². The van der Waals surface area contributed by atoms with Gasteiger partial charge >= 0.3 is 7.12 Å². The molecule has 104 valence electrons. The Labute approximate surface area is 115 Å². The minimum absolute atomic E-state index is 0.00101. The molecule has 1 aliphatic heterocycles. The number of pyridine rings is 1. The van der Waals surface area contributed by atoms with E-state index in [9.17, 15) is 9.32 Å². The average Bonchev–Trinajstić information content (AvgIpc) is 2.47. The van der Waals surface area contributed by atoms with E-state index in [-0.39, 0.29) is 5.75 Å². The predicted molar refractivity (Wildman–Crippen MR) is 74.0 cm³/mol. The van der Waals surface area contributed by atoms with Crippen LogP contribution in [0, 0.1) is 0 Å². The van der Waals surface area contributed by atoms with Crippen LogP contribution in [0.15, 0.2) is 17.3 Å². The summed E-state index contributed by atoms with van der Waals surface area (Å²) < 4.78 is 23.5. The maximum atomic E-state index is 11.7. The molecule has 0 radical (unpaired) electrons. The van der Waals surface area contributed by atoms with Crippen molar-refractivity contribution >= 4 is 23.4 Å². The van der Waals surface area contributed by atoms with Crippen molar-refractivity contribution in [1.82, 2.24) is 4.98 Å². The van der Waals surface area contributed by atoms with Crippen LogP contribution in [0.5, 0.6) is 5.75 Å². The molecule has 1 atom stereocenters. The Balaban J connectivity index is 2.44. The second-order valence-corrected chi connectivity index (χ2v) is 6.93. The Bertz CT molecular complexity index is 516. The van der Waals surface area contributed by atoms with Crippen molar-refractivity contribution in [3.8, 4) is 5.75 Å². The van der Waals surface area contributed by atoms with Gasteiger partial charge in [0.1, 0.15) is 10.8 Å². The topological polar surface area (TPSA) is 68.7 Å². The number of hydrogen-bond donors (Lipinski definition) is 1. The van der Waals surface area contributed by atoms with Crippen molar-refractivity contribution in [2.24, 2.45) is 0 Å². The van der Waals surface area contributed by atoms with Gasteiger partial charge in [0, 0.05) is 11.7 Å². The van der Waals surface area contributed by atoms with Crippen LogP contribution in [0.3, 0.4) is 0 Å². The van der Waals surface area contributed by atoms with Gasteiger partial charge in [0.25, 0.3) is 0 Å². The average molecular weight is 283 g/mol. The second kappa shape index (κ2) is 4.57. The summed E-state index contributed by atoms with van der Waals surface area (Å²) in [5.41, 5.74) is -0.467. The quantitative estimate of drug-likeness (QED) is 0.814. The maximum absolute atomic E-state index is 11.7.